The van der Waals surface area contributed by atoms with Gasteiger partial charge < -0.3 is 10.6 Å². The van der Waals surface area contributed by atoms with Crippen LogP contribution in [0.25, 0.3) is 0 Å². The fraction of sp³-hybridized carbons (Fsp3) is 0.333. The molecule has 0 radical (unpaired) electrons. The van der Waals surface area contributed by atoms with Crippen LogP contribution in [0.15, 0.2) is 36.8 Å². The summed E-state index contributed by atoms with van der Waals surface area (Å²) in [6.07, 6.45) is 4.99. The summed E-state index contributed by atoms with van der Waals surface area (Å²) >= 11 is 0. The van der Waals surface area contributed by atoms with Crippen LogP contribution in [0, 0.1) is 5.92 Å². The topological polar surface area (TPSA) is 79.8 Å². The first-order valence-electron chi connectivity index (χ1n) is 6.89. The zero-order chi connectivity index (χ0) is 15.1. The highest BCUT2D eigenvalue weighted by Gasteiger charge is 2.08. The molecule has 0 atom stereocenters. The van der Waals surface area contributed by atoms with Crippen molar-refractivity contribution < 1.29 is 4.79 Å². The number of aromatic nitrogens is 3. The number of anilines is 1. The van der Waals surface area contributed by atoms with E-state index in [9.17, 15) is 4.79 Å². The minimum Gasteiger partial charge on any atom is -0.354 e. The summed E-state index contributed by atoms with van der Waals surface area (Å²) in [4.78, 5) is 24.4. The van der Waals surface area contributed by atoms with Gasteiger partial charge in [-0.1, -0.05) is 19.9 Å². The summed E-state index contributed by atoms with van der Waals surface area (Å²) in [7, 11) is 0. The zero-order valence-electron chi connectivity index (χ0n) is 12.2. The Hall–Kier alpha value is -2.50. The smallest absolute Gasteiger partial charge is 0.270 e. The van der Waals surface area contributed by atoms with Crippen LogP contribution < -0.4 is 10.6 Å². The molecule has 2 aromatic heterocycles. The van der Waals surface area contributed by atoms with Crippen LogP contribution in [-0.4, -0.2) is 27.4 Å². The number of nitrogens with one attached hydrogen (secondary N) is 2. The van der Waals surface area contributed by atoms with Crippen molar-refractivity contribution in [3.8, 4) is 0 Å². The third-order valence-electron chi connectivity index (χ3n) is 2.73. The Balaban J connectivity index is 1.94. The van der Waals surface area contributed by atoms with Crippen LogP contribution in [-0.2, 0) is 6.54 Å². The van der Waals surface area contributed by atoms with Gasteiger partial charge in [0.1, 0.15) is 5.69 Å². The first-order valence-corrected chi connectivity index (χ1v) is 6.89. The van der Waals surface area contributed by atoms with Crippen LogP contribution in [0.5, 0.6) is 0 Å². The minimum atomic E-state index is -0.228. The van der Waals surface area contributed by atoms with Gasteiger partial charge in [0.2, 0.25) is 5.95 Å². The van der Waals surface area contributed by atoms with E-state index in [1.54, 1.807) is 24.7 Å². The molecule has 6 heteroatoms. The second-order valence-corrected chi connectivity index (χ2v) is 5.08. The van der Waals surface area contributed by atoms with Gasteiger partial charge in [0, 0.05) is 31.7 Å². The van der Waals surface area contributed by atoms with Gasteiger partial charge >= 0.3 is 0 Å². The van der Waals surface area contributed by atoms with Crippen molar-refractivity contribution in [3.05, 3.63) is 48.0 Å². The molecule has 0 unspecified atom stereocenters. The molecule has 1 amide bonds. The van der Waals surface area contributed by atoms with Crippen molar-refractivity contribution in [1.29, 1.82) is 0 Å². The van der Waals surface area contributed by atoms with Gasteiger partial charge in [-0.3, -0.25) is 9.78 Å². The van der Waals surface area contributed by atoms with Gasteiger partial charge in [-0.15, -0.1) is 0 Å². The first-order chi connectivity index (χ1) is 10.1. The Morgan fingerprint density at radius 1 is 1.29 bits per heavy atom. The molecule has 110 valence electrons. The van der Waals surface area contributed by atoms with Crippen molar-refractivity contribution >= 4 is 11.9 Å². The molecule has 0 spiro atoms. The van der Waals surface area contributed by atoms with Gasteiger partial charge in [0.15, 0.2) is 0 Å². The molecule has 2 aromatic rings. The maximum atomic E-state index is 12.1. The van der Waals surface area contributed by atoms with E-state index < -0.39 is 0 Å². The first kappa shape index (κ1) is 14.9. The number of carbonyl (C=O) groups is 1. The van der Waals surface area contributed by atoms with Gasteiger partial charge in [-0.05, 0) is 23.6 Å². The number of amides is 1. The molecule has 21 heavy (non-hydrogen) atoms. The normalized spacial score (nSPS) is 10.4. The lowest BCUT2D eigenvalue weighted by Gasteiger charge is -2.08. The van der Waals surface area contributed by atoms with Crippen LogP contribution in [0.1, 0.15) is 29.9 Å². The standard InChI is InChI=1S/C15H19N5O/c1-11(2)8-19-15-17-7-5-13(20-15)14(21)18-10-12-4-3-6-16-9-12/h3-7,9,11H,8,10H2,1-2H3,(H,18,21)(H,17,19,20). The summed E-state index contributed by atoms with van der Waals surface area (Å²) in [6.45, 7) is 5.38. The van der Waals surface area contributed by atoms with E-state index in [1.807, 2.05) is 12.1 Å². The quantitative estimate of drug-likeness (QED) is 0.847. The molecule has 0 fully saturated rings. The van der Waals surface area contributed by atoms with Gasteiger partial charge in [-0.2, -0.15) is 0 Å². The van der Waals surface area contributed by atoms with Crippen LogP contribution in [0.2, 0.25) is 0 Å². The highest BCUT2D eigenvalue weighted by atomic mass is 16.1. The summed E-state index contributed by atoms with van der Waals surface area (Å²) in [5.41, 5.74) is 1.29. The van der Waals surface area contributed by atoms with Crippen molar-refractivity contribution in [3.63, 3.8) is 0 Å². The maximum Gasteiger partial charge on any atom is 0.270 e. The highest BCUT2D eigenvalue weighted by Crippen LogP contribution is 2.03. The van der Waals surface area contributed by atoms with E-state index in [1.165, 1.54) is 0 Å². The highest BCUT2D eigenvalue weighted by molar-refractivity contribution is 5.92. The monoisotopic (exact) mass is 285 g/mol. The molecule has 6 nitrogen and oxygen atoms in total. The average molecular weight is 285 g/mol. The Kier molecular flexibility index (Phi) is 5.20. The lowest BCUT2D eigenvalue weighted by Crippen LogP contribution is -2.24. The van der Waals surface area contributed by atoms with E-state index in [-0.39, 0.29) is 5.91 Å². The number of rotatable bonds is 6. The molecule has 0 saturated carbocycles. The van der Waals surface area contributed by atoms with E-state index in [2.05, 4.69) is 39.4 Å². The molecule has 0 saturated heterocycles. The van der Waals surface area contributed by atoms with Crippen molar-refractivity contribution in [1.82, 2.24) is 20.3 Å². The number of carbonyl (C=O) groups excluding carboxylic acids is 1. The molecule has 0 bridgehead atoms. The average Bonchev–Trinajstić information content (AvgIpc) is 2.52. The number of hydrogen-bond acceptors (Lipinski definition) is 5. The molecule has 2 heterocycles. The molecule has 0 aliphatic carbocycles. The van der Waals surface area contributed by atoms with E-state index in [0.29, 0.717) is 24.1 Å². The molecular weight excluding hydrogens is 266 g/mol. The minimum absolute atomic E-state index is 0.228. The Morgan fingerprint density at radius 3 is 2.86 bits per heavy atom. The lowest BCUT2D eigenvalue weighted by atomic mass is 10.2. The predicted octanol–water partition coefficient (Wildman–Crippen LogP) is 1.87. The van der Waals surface area contributed by atoms with Crippen LogP contribution in [0.4, 0.5) is 5.95 Å². The van der Waals surface area contributed by atoms with Crippen molar-refractivity contribution in [2.24, 2.45) is 5.92 Å². The van der Waals surface area contributed by atoms with Crippen LogP contribution >= 0.6 is 0 Å². The Bertz CT molecular complexity index is 586. The fourth-order valence-corrected chi connectivity index (χ4v) is 1.64. The summed E-state index contributed by atoms with van der Waals surface area (Å²) in [5, 5.41) is 5.91. The number of nitrogens with zero attached hydrogens (tertiary/aromatic N) is 3. The second kappa shape index (κ2) is 7.33. The van der Waals surface area contributed by atoms with Gasteiger partial charge in [0.25, 0.3) is 5.91 Å². The number of pyridine rings is 1. The molecular formula is C15H19N5O. The zero-order valence-corrected chi connectivity index (χ0v) is 12.2. The Morgan fingerprint density at radius 2 is 2.14 bits per heavy atom. The molecule has 0 aliphatic rings. The largest absolute Gasteiger partial charge is 0.354 e. The number of hydrogen-bond donors (Lipinski definition) is 2. The maximum absolute atomic E-state index is 12.1. The summed E-state index contributed by atoms with van der Waals surface area (Å²) in [5.74, 6) is 0.725. The van der Waals surface area contributed by atoms with Gasteiger partial charge in [-0.25, -0.2) is 9.97 Å². The summed E-state index contributed by atoms with van der Waals surface area (Å²) < 4.78 is 0. The van der Waals surface area contributed by atoms with E-state index in [4.69, 9.17) is 0 Å². The van der Waals surface area contributed by atoms with E-state index in [0.717, 1.165) is 12.1 Å². The predicted molar refractivity (Wildman–Crippen MR) is 80.8 cm³/mol. The van der Waals surface area contributed by atoms with Gasteiger partial charge in [0.05, 0.1) is 0 Å². The summed E-state index contributed by atoms with van der Waals surface area (Å²) in [6, 6.07) is 5.34. The fourth-order valence-electron chi connectivity index (χ4n) is 1.64. The molecule has 2 N–H and O–H groups in total. The third kappa shape index (κ3) is 4.83. The molecule has 2 rings (SSSR count). The molecule has 0 aliphatic heterocycles. The van der Waals surface area contributed by atoms with Crippen molar-refractivity contribution in [2.45, 2.75) is 20.4 Å². The second-order valence-electron chi connectivity index (χ2n) is 5.08. The lowest BCUT2D eigenvalue weighted by molar-refractivity contribution is 0.0946. The van der Waals surface area contributed by atoms with Crippen molar-refractivity contribution in [2.75, 3.05) is 11.9 Å². The third-order valence-corrected chi connectivity index (χ3v) is 2.73. The molecule has 0 aromatic carbocycles. The Labute approximate surface area is 124 Å². The SMILES string of the molecule is CC(C)CNc1nccc(C(=O)NCc2cccnc2)n1. The van der Waals surface area contributed by atoms with Crippen LogP contribution in [0.3, 0.4) is 0 Å². The van der Waals surface area contributed by atoms with E-state index >= 15 is 0 Å².